The van der Waals surface area contributed by atoms with Crippen molar-refractivity contribution < 1.29 is 14.0 Å². The molecule has 0 aliphatic rings. The van der Waals surface area contributed by atoms with Crippen molar-refractivity contribution in [3.8, 4) is 0 Å². The minimum atomic E-state index is -2.38. The molecule has 0 saturated heterocycles. The quantitative estimate of drug-likeness (QED) is 0.227. The molecule has 0 bridgehead atoms. The average Bonchev–Trinajstić information content (AvgIpc) is 2.15. The lowest BCUT2D eigenvalue weighted by molar-refractivity contribution is 0.273. The van der Waals surface area contributed by atoms with E-state index in [1.807, 2.05) is 0 Å². The molecular weight excluding hydrogens is 229 g/mol. The molecule has 1 unspecified atom stereocenters. The van der Waals surface area contributed by atoms with Crippen LogP contribution in [0.1, 0.15) is 45.4 Å². The summed E-state index contributed by atoms with van der Waals surface area (Å²) < 4.78 is 14.6. The van der Waals surface area contributed by atoms with E-state index in [9.17, 15) is 4.57 Å². The van der Waals surface area contributed by atoms with Gasteiger partial charge in [0.25, 0.3) is 0 Å². The summed E-state index contributed by atoms with van der Waals surface area (Å²) in [7, 11) is -2.38. The molecule has 0 aromatic carbocycles. The molecule has 0 aliphatic heterocycles. The van der Waals surface area contributed by atoms with E-state index in [4.69, 9.17) is 10.3 Å². The van der Waals surface area contributed by atoms with Crippen LogP contribution in [0.5, 0.6) is 0 Å². The van der Waals surface area contributed by atoms with Gasteiger partial charge in [0.05, 0.1) is 0 Å². The van der Waals surface area contributed by atoms with Gasteiger partial charge in [-0.05, 0) is 6.42 Å². The predicted molar refractivity (Wildman–Crippen MR) is 65.3 cm³/mol. The second-order valence-electron chi connectivity index (χ2n) is 3.29. The van der Waals surface area contributed by atoms with Crippen molar-refractivity contribution in [2.45, 2.75) is 45.4 Å². The van der Waals surface area contributed by atoms with E-state index in [-0.39, 0.29) is 5.96 Å². The van der Waals surface area contributed by atoms with E-state index in [1.54, 1.807) is 0 Å². The summed E-state index contributed by atoms with van der Waals surface area (Å²) >= 11 is 0. The molecule has 0 amide bonds. The third-order valence-electron chi connectivity index (χ3n) is 1.70. The molecule has 96 valence electrons. The van der Waals surface area contributed by atoms with Crippen molar-refractivity contribution in [1.82, 2.24) is 0 Å². The molecule has 0 rings (SSSR count). The van der Waals surface area contributed by atoms with Gasteiger partial charge in [0.1, 0.15) is 6.61 Å². The van der Waals surface area contributed by atoms with E-state index in [0.29, 0.717) is 6.61 Å². The molecule has 6 N–H and O–H groups in total. The average molecular weight is 252 g/mol. The molecule has 0 aliphatic carbocycles. The van der Waals surface area contributed by atoms with Crippen molar-refractivity contribution in [3.63, 3.8) is 0 Å². The second-order valence-corrected chi connectivity index (χ2v) is 4.03. The summed E-state index contributed by atoms with van der Waals surface area (Å²) in [5, 5.41) is 6.06. The molecule has 0 radical (unpaired) electrons. The second kappa shape index (κ2) is 14.3. The number of nitrogens with two attached hydrogens (primary N) is 2. The molecule has 7 heteroatoms. The van der Waals surface area contributed by atoms with E-state index < -0.39 is 8.25 Å². The maximum absolute atomic E-state index is 10.1. The van der Waals surface area contributed by atoms with Crippen LogP contribution < -0.4 is 11.5 Å². The number of rotatable bonds is 8. The van der Waals surface area contributed by atoms with Gasteiger partial charge in [-0.25, -0.2) is 0 Å². The van der Waals surface area contributed by atoms with E-state index in [1.165, 1.54) is 25.7 Å². The first-order valence-electron chi connectivity index (χ1n) is 5.39. The standard InChI is InChI=1S/C8H17O3P.CH5N3/c1-2-3-4-5-6-7-8-11-12(9)10;2-1(3)4/h2-8H2,1H3;(H5,2,3,4)/p+1. The van der Waals surface area contributed by atoms with Crippen LogP contribution in [0.15, 0.2) is 0 Å². The molecule has 6 nitrogen and oxygen atoms in total. The lowest BCUT2D eigenvalue weighted by Crippen LogP contribution is -2.20. The first-order valence-corrected chi connectivity index (χ1v) is 6.52. The molecular formula is C9H23N3O3P+. The Hall–Kier alpha value is -0.710. The Balaban J connectivity index is 0. The van der Waals surface area contributed by atoms with Crippen LogP contribution in [0.2, 0.25) is 0 Å². The first-order chi connectivity index (χ1) is 7.50. The zero-order valence-electron chi connectivity index (χ0n) is 9.82. The van der Waals surface area contributed by atoms with Crippen LogP contribution in [-0.4, -0.2) is 17.5 Å². The topological polar surface area (TPSA) is 122 Å². The first kappa shape index (κ1) is 17.7. The Morgan fingerprint density at radius 3 is 2.12 bits per heavy atom. The normalized spacial score (nSPS) is 10.2. The molecule has 0 aromatic heterocycles. The molecule has 0 fully saturated rings. The molecule has 16 heavy (non-hydrogen) atoms. The molecule has 1 atom stereocenters. The maximum Gasteiger partial charge on any atom is 0.694 e. The SMILES string of the molecule is CCCCCCCCO[P+](=O)O.N=C(N)N. The minimum absolute atomic E-state index is 0.333. The highest BCUT2D eigenvalue weighted by Crippen LogP contribution is 2.15. The third-order valence-corrected chi connectivity index (χ3v) is 2.10. The highest BCUT2D eigenvalue weighted by atomic mass is 31.1. The van der Waals surface area contributed by atoms with Crippen LogP contribution in [0.3, 0.4) is 0 Å². The van der Waals surface area contributed by atoms with Crippen molar-refractivity contribution in [1.29, 1.82) is 5.41 Å². The number of unbranched alkanes of at least 4 members (excludes halogenated alkanes) is 5. The summed E-state index contributed by atoms with van der Waals surface area (Å²) in [6.45, 7) is 2.59. The molecule has 0 aromatic rings. The van der Waals surface area contributed by atoms with Gasteiger partial charge in [-0.3, -0.25) is 5.41 Å². The van der Waals surface area contributed by atoms with E-state index >= 15 is 0 Å². The van der Waals surface area contributed by atoms with Crippen molar-refractivity contribution in [2.24, 2.45) is 11.5 Å². The Morgan fingerprint density at radius 1 is 1.25 bits per heavy atom. The minimum Gasteiger partial charge on any atom is -0.370 e. The van der Waals surface area contributed by atoms with Crippen LogP contribution in [0.4, 0.5) is 0 Å². The van der Waals surface area contributed by atoms with Crippen LogP contribution in [0, 0.1) is 5.41 Å². The summed E-state index contributed by atoms with van der Waals surface area (Å²) in [6.07, 6.45) is 7.00. The van der Waals surface area contributed by atoms with Gasteiger partial charge in [0.2, 0.25) is 0 Å². The zero-order valence-corrected chi connectivity index (χ0v) is 10.7. The fourth-order valence-electron chi connectivity index (χ4n) is 1.03. The Morgan fingerprint density at radius 2 is 1.69 bits per heavy atom. The Labute approximate surface area is 97.8 Å². The molecule has 0 heterocycles. The van der Waals surface area contributed by atoms with Crippen LogP contribution in [-0.2, 0) is 9.09 Å². The third kappa shape index (κ3) is 29.2. The van der Waals surface area contributed by atoms with Crippen molar-refractivity contribution >= 4 is 14.2 Å². The van der Waals surface area contributed by atoms with Gasteiger partial charge in [0.15, 0.2) is 5.96 Å². The fourth-order valence-corrected chi connectivity index (χ4v) is 1.31. The Kier molecular flexibility index (Phi) is 15.8. The fraction of sp³-hybridized carbons (Fsp3) is 0.889. The number of nitrogens with one attached hydrogen (secondary N) is 1. The van der Waals surface area contributed by atoms with Gasteiger partial charge >= 0.3 is 8.25 Å². The number of guanidine groups is 1. The van der Waals surface area contributed by atoms with Crippen LogP contribution in [0.25, 0.3) is 0 Å². The summed E-state index contributed by atoms with van der Waals surface area (Å²) in [4.78, 5) is 8.28. The van der Waals surface area contributed by atoms with Gasteiger partial charge in [-0.1, -0.05) is 39.0 Å². The van der Waals surface area contributed by atoms with Crippen LogP contribution >= 0.6 is 8.25 Å². The lowest BCUT2D eigenvalue weighted by Gasteiger charge is -1.96. The molecule has 0 spiro atoms. The number of hydrogen-bond acceptors (Lipinski definition) is 3. The van der Waals surface area contributed by atoms with Gasteiger partial charge < -0.3 is 11.5 Å². The van der Waals surface area contributed by atoms with E-state index in [0.717, 1.165) is 12.8 Å². The zero-order chi connectivity index (χ0) is 12.8. The Bertz CT molecular complexity index is 187. The molecule has 0 saturated carbocycles. The monoisotopic (exact) mass is 252 g/mol. The smallest absolute Gasteiger partial charge is 0.370 e. The van der Waals surface area contributed by atoms with Gasteiger partial charge in [-0.15, -0.1) is 9.42 Å². The van der Waals surface area contributed by atoms with Crippen molar-refractivity contribution in [3.05, 3.63) is 0 Å². The maximum atomic E-state index is 10.1. The predicted octanol–water partition coefficient (Wildman–Crippen LogP) is 1.85. The largest absolute Gasteiger partial charge is 0.694 e. The van der Waals surface area contributed by atoms with Crippen molar-refractivity contribution in [2.75, 3.05) is 6.61 Å². The van der Waals surface area contributed by atoms with E-state index in [2.05, 4.69) is 22.9 Å². The number of hydrogen-bond donors (Lipinski definition) is 4. The highest BCUT2D eigenvalue weighted by Gasteiger charge is 2.09. The highest BCUT2D eigenvalue weighted by molar-refractivity contribution is 7.32. The van der Waals surface area contributed by atoms with Gasteiger partial charge in [0, 0.05) is 4.57 Å². The van der Waals surface area contributed by atoms with Gasteiger partial charge in [-0.2, -0.15) is 0 Å². The summed E-state index contributed by atoms with van der Waals surface area (Å²) in [6, 6.07) is 0. The lowest BCUT2D eigenvalue weighted by atomic mass is 10.1. The summed E-state index contributed by atoms with van der Waals surface area (Å²) in [5.41, 5.74) is 8.94. The summed E-state index contributed by atoms with van der Waals surface area (Å²) in [5.74, 6) is -0.333.